The van der Waals surface area contributed by atoms with Crippen LogP contribution in [0.4, 0.5) is 4.39 Å². The Balaban J connectivity index is 1.67. The minimum absolute atomic E-state index is 0.253. The van der Waals surface area contributed by atoms with Crippen molar-refractivity contribution in [3.05, 3.63) is 59.2 Å². The van der Waals surface area contributed by atoms with Crippen molar-refractivity contribution in [2.45, 2.75) is 33.3 Å². The van der Waals surface area contributed by atoms with Gasteiger partial charge in [-0.2, -0.15) is 0 Å². The van der Waals surface area contributed by atoms with Crippen molar-refractivity contribution in [1.29, 1.82) is 0 Å². The normalized spacial score (nSPS) is 15.0. The van der Waals surface area contributed by atoms with Crippen molar-refractivity contribution < 1.29 is 18.6 Å². The van der Waals surface area contributed by atoms with Gasteiger partial charge in [0.25, 0.3) is 0 Å². The van der Waals surface area contributed by atoms with Crippen molar-refractivity contribution in [2.75, 3.05) is 13.2 Å². The Morgan fingerprint density at radius 3 is 2.62 bits per heavy atom. The van der Waals surface area contributed by atoms with E-state index in [4.69, 9.17) is 14.2 Å². The third-order valence-corrected chi connectivity index (χ3v) is 4.79. The molecule has 0 spiro atoms. The number of benzene rings is 1. The summed E-state index contributed by atoms with van der Waals surface area (Å²) in [5.74, 6) is 0.491. The average molecular weight is 356 g/mol. The van der Waals surface area contributed by atoms with Gasteiger partial charge >= 0.3 is 0 Å². The fourth-order valence-electron chi connectivity index (χ4n) is 3.26. The maximum absolute atomic E-state index is 13.1. The molecular formula is C20H21FN2O3. The summed E-state index contributed by atoms with van der Waals surface area (Å²) in [7, 11) is 0. The molecular weight excluding hydrogens is 335 g/mol. The number of rotatable bonds is 5. The molecule has 0 amide bonds. The number of nitrogens with zero attached hydrogens (tertiary/aromatic N) is 2. The molecule has 1 saturated heterocycles. The van der Waals surface area contributed by atoms with E-state index in [1.165, 1.54) is 12.1 Å². The van der Waals surface area contributed by atoms with Gasteiger partial charge in [-0.3, -0.25) is 4.98 Å². The Morgan fingerprint density at radius 2 is 1.88 bits per heavy atom. The predicted molar refractivity (Wildman–Crippen MR) is 95.6 cm³/mol. The maximum Gasteiger partial charge on any atom is 0.175 e. The highest BCUT2D eigenvalue weighted by atomic mass is 19.1. The highest BCUT2D eigenvalue weighted by molar-refractivity contribution is 5.86. The summed E-state index contributed by atoms with van der Waals surface area (Å²) in [6.45, 7) is 6.31. The van der Waals surface area contributed by atoms with Gasteiger partial charge in [-0.05, 0) is 37.1 Å². The van der Waals surface area contributed by atoms with Crippen LogP contribution in [0, 0.1) is 19.7 Å². The fraction of sp³-hybridized carbons (Fsp3) is 0.350. The summed E-state index contributed by atoms with van der Waals surface area (Å²) in [4.78, 5) is 4.53. The molecule has 4 rings (SSSR count). The lowest BCUT2D eigenvalue weighted by atomic mass is 10.2. The summed E-state index contributed by atoms with van der Waals surface area (Å²) in [6.07, 6.45) is 1.50. The summed E-state index contributed by atoms with van der Waals surface area (Å²) in [6, 6.07) is 8.18. The van der Waals surface area contributed by atoms with Gasteiger partial charge in [0.2, 0.25) is 0 Å². The van der Waals surface area contributed by atoms with Gasteiger partial charge in [-0.25, -0.2) is 4.39 Å². The molecule has 26 heavy (non-hydrogen) atoms. The number of ether oxygens (including phenoxy) is 3. The Bertz CT molecular complexity index is 915. The lowest BCUT2D eigenvalue weighted by Gasteiger charge is -2.15. The Labute approximate surface area is 151 Å². The highest BCUT2D eigenvalue weighted by Crippen LogP contribution is 2.32. The molecule has 1 aliphatic rings. The van der Waals surface area contributed by atoms with E-state index in [0.29, 0.717) is 26.4 Å². The van der Waals surface area contributed by atoms with Crippen molar-refractivity contribution in [2.24, 2.45) is 0 Å². The van der Waals surface area contributed by atoms with E-state index in [1.807, 2.05) is 6.07 Å². The molecule has 2 aromatic heterocycles. The quantitative estimate of drug-likeness (QED) is 0.699. The number of aryl methyl sites for hydroxylation is 1. The lowest BCUT2D eigenvalue weighted by Crippen LogP contribution is -2.18. The first kappa shape index (κ1) is 17.0. The van der Waals surface area contributed by atoms with Gasteiger partial charge in [0.15, 0.2) is 6.29 Å². The van der Waals surface area contributed by atoms with Crippen molar-refractivity contribution in [1.82, 2.24) is 9.55 Å². The minimum Gasteiger partial charge on any atom is -0.487 e. The van der Waals surface area contributed by atoms with Gasteiger partial charge in [-0.1, -0.05) is 12.1 Å². The average Bonchev–Trinajstić information content (AvgIpc) is 3.25. The molecule has 6 heteroatoms. The number of halogens is 1. The first-order valence-electron chi connectivity index (χ1n) is 8.68. The second-order valence-electron chi connectivity index (χ2n) is 6.41. The molecule has 0 bridgehead atoms. The Morgan fingerprint density at radius 1 is 1.15 bits per heavy atom. The highest BCUT2D eigenvalue weighted by Gasteiger charge is 2.22. The van der Waals surface area contributed by atoms with E-state index >= 15 is 0 Å². The number of aromatic nitrogens is 2. The molecule has 0 unspecified atom stereocenters. The smallest absolute Gasteiger partial charge is 0.175 e. The largest absolute Gasteiger partial charge is 0.487 e. The first-order chi connectivity index (χ1) is 12.6. The number of pyridine rings is 1. The fourth-order valence-corrected chi connectivity index (χ4v) is 3.26. The van der Waals surface area contributed by atoms with Crippen LogP contribution in [-0.2, 0) is 22.6 Å². The molecule has 0 N–H and O–H groups in total. The van der Waals surface area contributed by atoms with Crippen LogP contribution >= 0.6 is 0 Å². The third kappa shape index (κ3) is 3.18. The monoisotopic (exact) mass is 356 g/mol. The number of hydrogen-bond donors (Lipinski definition) is 0. The topological polar surface area (TPSA) is 45.5 Å². The molecule has 0 saturated carbocycles. The molecule has 0 radical (unpaired) electrons. The molecule has 0 atom stereocenters. The van der Waals surface area contributed by atoms with E-state index in [1.54, 1.807) is 18.3 Å². The molecule has 3 heterocycles. The van der Waals surface area contributed by atoms with E-state index in [-0.39, 0.29) is 12.1 Å². The maximum atomic E-state index is 13.1. The van der Waals surface area contributed by atoms with E-state index in [2.05, 4.69) is 23.4 Å². The van der Waals surface area contributed by atoms with Crippen LogP contribution < -0.4 is 4.74 Å². The summed E-state index contributed by atoms with van der Waals surface area (Å²) in [5, 5.41) is 0. The molecule has 1 fully saturated rings. The molecule has 3 aromatic rings. The van der Waals surface area contributed by atoms with Crippen LogP contribution in [0.1, 0.15) is 16.8 Å². The first-order valence-corrected chi connectivity index (χ1v) is 8.68. The van der Waals surface area contributed by atoms with Crippen molar-refractivity contribution in [3.63, 3.8) is 0 Å². The number of fused-ring (bicyclic) bond motifs is 1. The molecule has 1 aromatic carbocycles. The van der Waals surface area contributed by atoms with E-state index in [9.17, 15) is 4.39 Å². The second kappa shape index (κ2) is 7.05. The Kier molecular flexibility index (Phi) is 4.61. The SMILES string of the molecule is Cc1c(C)n(CC2OCCO2)c2c(OCc3ccc(F)cc3)ccnc12. The predicted octanol–water partition coefficient (Wildman–Crippen LogP) is 3.74. The van der Waals surface area contributed by atoms with Crippen LogP contribution in [0.25, 0.3) is 11.0 Å². The summed E-state index contributed by atoms with van der Waals surface area (Å²) < 4.78 is 32.5. The van der Waals surface area contributed by atoms with Crippen LogP contribution in [0.2, 0.25) is 0 Å². The van der Waals surface area contributed by atoms with Crippen molar-refractivity contribution >= 4 is 11.0 Å². The van der Waals surface area contributed by atoms with Crippen LogP contribution in [0.5, 0.6) is 5.75 Å². The zero-order chi connectivity index (χ0) is 18.1. The third-order valence-electron chi connectivity index (χ3n) is 4.79. The van der Waals surface area contributed by atoms with E-state index in [0.717, 1.165) is 33.6 Å². The summed E-state index contributed by atoms with van der Waals surface area (Å²) >= 11 is 0. The molecule has 5 nitrogen and oxygen atoms in total. The van der Waals surface area contributed by atoms with Crippen LogP contribution in [0.15, 0.2) is 36.5 Å². The van der Waals surface area contributed by atoms with Crippen molar-refractivity contribution in [3.8, 4) is 5.75 Å². The molecule has 136 valence electrons. The van der Waals surface area contributed by atoms with Gasteiger partial charge in [0.05, 0.1) is 25.3 Å². The van der Waals surface area contributed by atoms with Gasteiger partial charge in [0, 0.05) is 18.0 Å². The van der Waals surface area contributed by atoms with Crippen LogP contribution in [0.3, 0.4) is 0 Å². The minimum atomic E-state index is -0.256. The van der Waals surface area contributed by atoms with Gasteiger partial charge in [0.1, 0.15) is 23.7 Å². The Hall–Kier alpha value is -2.44. The van der Waals surface area contributed by atoms with Gasteiger partial charge in [-0.15, -0.1) is 0 Å². The van der Waals surface area contributed by atoms with E-state index < -0.39 is 0 Å². The molecule has 1 aliphatic heterocycles. The zero-order valence-electron chi connectivity index (χ0n) is 14.9. The van der Waals surface area contributed by atoms with Crippen LogP contribution in [-0.4, -0.2) is 29.1 Å². The standard InChI is InChI=1S/C20H21FN2O3/c1-13-14(2)23(11-18-24-9-10-25-18)20-17(7-8-22-19(13)20)26-12-15-3-5-16(21)6-4-15/h3-8,18H,9-12H2,1-2H3. The van der Waals surface area contributed by atoms with Gasteiger partial charge < -0.3 is 18.8 Å². The zero-order valence-corrected chi connectivity index (χ0v) is 14.9. The number of hydrogen-bond acceptors (Lipinski definition) is 4. The lowest BCUT2D eigenvalue weighted by molar-refractivity contribution is -0.0520. The summed E-state index contributed by atoms with van der Waals surface area (Å²) in [5.41, 5.74) is 4.99. The molecule has 0 aliphatic carbocycles. The second-order valence-corrected chi connectivity index (χ2v) is 6.41.